The van der Waals surface area contributed by atoms with E-state index in [0.29, 0.717) is 47.1 Å². The Balaban J connectivity index is 1.12. The fourth-order valence-electron chi connectivity index (χ4n) is 3.89. The lowest BCUT2D eigenvalue weighted by Gasteiger charge is -2.30. The van der Waals surface area contributed by atoms with Crippen LogP contribution in [-0.4, -0.2) is 50.0 Å². The van der Waals surface area contributed by atoms with Crippen LogP contribution in [0.1, 0.15) is 71.0 Å². The number of thiazole rings is 1. The van der Waals surface area contributed by atoms with Gasteiger partial charge < -0.3 is 9.32 Å². The lowest BCUT2D eigenvalue weighted by molar-refractivity contribution is -0.131. The number of nitrogens with zero attached hydrogens (tertiary/aromatic N) is 4. The van der Waals surface area contributed by atoms with Crippen LogP contribution in [-0.2, 0) is 11.2 Å². The highest BCUT2D eigenvalue weighted by atomic mass is 32.1. The number of amides is 2. The molecule has 31 heavy (non-hydrogen) atoms. The molecule has 0 radical (unpaired) electrons. The van der Waals surface area contributed by atoms with E-state index in [2.05, 4.69) is 25.5 Å². The molecule has 0 atom stereocenters. The van der Waals surface area contributed by atoms with Crippen LogP contribution in [0.2, 0.25) is 0 Å². The van der Waals surface area contributed by atoms with Crippen LogP contribution < -0.4 is 5.32 Å². The summed E-state index contributed by atoms with van der Waals surface area (Å²) in [6.07, 6.45) is 5.86. The first-order chi connectivity index (χ1) is 15.1. The molecule has 2 amide bonds. The first kappa shape index (κ1) is 19.9. The second-order valence-electron chi connectivity index (χ2n) is 8.17. The smallest absolute Gasteiger partial charge is 0.260 e. The van der Waals surface area contributed by atoms with Gasteiger partial charge in [-0.2, -0.15) is 5.10 Å². The van der Waals surface area contributed by atoms with E-state index in [4.69, 9.17) is 4.42 Å². The van der Waals surface area contributed by atoms with Gasteiger partial charge in [-0.05, 0) is 38.7 Å². The summed E-state index contributed by atoms with van der Waals surface area (Å²) in [6, 6.07) is 1.62. The van der Waals surface area contributed by atoms with Crippen molar-refractivity contribution in [3.63, 3.8) is 0 Å². The molecule has 1 aliphatic carbocycles. The molecule has 5 rings (SSSR count). The van der Waals surface area contributed by atoms with Crippen LogP contribution in [0.3, 0.4) is 0 Å². The average Bonchev–Trinajstić information content (AvgIpc) is 3.14. The van der Waals surface area contributed by atoms with Crippen molar-refractivity contribution >= 4 is 28.3 Å². The molecule has 0 unspecified atom stereocenters. The monoisotopic (exact) mass is 440 g/mol. The van der Waals surface area contributed by atoms with Crippen molar-refractivity contribution in [2.24, 2.45) is 0 Å². The Labute approximate surface area is 183 Å². The second kappa shape index (κ2) is 8.26. The van der Waals surface area contributed by atoms with E-state index in [0.717, 1.165) is 24.5 Å². The minimum absolute atomic E-state index is 0.0588. The molecule has 2 N–H and O–H groups in total. The van der Waals surface area contributed by atoms with Crippen molar-refractivity contribution in [2.45, 2.75) is 50.9 Å². The third-order valence-electron chi connectivity index (χ3n) is 5.90. The summed E-state index contributed by atoms with van der Waals surface area (Å²) in [5.74, 6) is 3.13. The Morgan fingerprint density at radius 3 is 2.74 bits per heavy atom. The van der Waals surface area contributed by atoms with Crippen molar-refractivity contribution in [3.8, 4) is 0 Å². The molecule has 9 nitrogen and oxygen atoms in total. The van der Waals surface area contributed by atoms with Gasteiger partial charge in [-0.1, -0.05) is 0 Å². The average molecular weight is 441 g/mol. The lowest BCUT2D eigenvalue weighted by Crippen LogP contribution is -2.39. The zero-order valence-corrected chi connectivity index (χ0v) is 18.1. The number of rotatable bonds is 6. The molecule has 2 fully saturated rings. The lowest BCUT2D eigenvalue weighted by atomic mass is 9.96. The quantitative estimate of drug-likeness (QED) is 0.608. The van der Waals surface area contributed by atoms with E-state index in [-0.39, 0.29) is 18.2 Å². The highest BCUT2D eigenvalue weighted by Gasteiger charge is 2.30. The van der Waals surface area contributed by atoms with Crippen LogP contribution in [0.15, 0.2) is 22.1 Å². The minimum Gasteiger partial charge on any atom is -0.469 e. The van der Waals surface area contributed by atoms with E-state index >= 15 is 0 Å². The van der Waals surface area contributed by atoms with E-state index in [9.17, 15) is 9.59 Å². The molecule has 0 spiro atoms. The Morgan fingerprint density at radius 1 is 1.23 bits per heavy atom. The number of hydrogen-bond donors (Lipinski definition) is 2. The first-order valence-electron chi connectivity index (χ1n) is 10.6. The van der Waals surface area contributed by atoms with E-state index in [1.54, 1.807) is 13.0 Å². The number of carbonyl (C=O) groups excluding carboxylic acids is 2. The summed E-state index contributed by atoms with van der Waals surface area (Å²) in [5, 5.41) is 12.5. The van der Waals surface area contributed by atoms with Crippen molar-refractivity contribution in [2.75, 3.05) is 18.4 Å². The van der Waals surface area contributed by atoms with Gasteiger partial charge in [-0.25, -0.2) is 9.97 Å². The number of aromatic nitrogens is 4. The van der Waals surface area contributed by atoms with Gasteiger partial charge in [0.1, 0.15) is 11.6 Å². The summed E-state index contributed by atoms with van der Waals surface area (Å²) in [4.78, 5) is 36.0. The van der Waals surface area contributed by atoms with Crippen LogP contribution >= 0.6 is 11.3 Å². The number of aromatic amines is 1. The molecular weight excluding hydrogens is 416 g/mol. The van der Waals surface area contributed by atoms with Gasteiger partial charge in [0, 0.05) is 30.3 Å². The summed E-state index contributed by atoms with van der Waals surface area (Å²) in [6.45, 7) is 3.14. The fraction of sp³-hybridized carbons (Fsp3) is 0.476. The number of furan rings is 1. The maximum atomic E-state index is 12.7. The van der Waals surface area contributed by atoms with Crippen LogP contribution in [0.5, 0.6) is 0 Å². The Kier molecular flexibility index (Phi) is 5.31. The molecule has 1 saturated heterocycles. The molecule has 4 heterocycles. The summed E-state index contributed by atoms with van der Waals surface area (Å²) < 4.78 is 5.16. The number of aryl methyl sites for hydroxylation is 1. The second-order valence-corrected chi connectivity index (χ2v) is 9.03. The molecule has 3 aromatic heterocycles. The zero-order valence-electron chi connectivity index (χ0n) is 17.3. The van der Waals surface area contributed by atoms with E-state index in [1.807, 2.05) is 10.3 Å². The van der Waals surface area contributed by atoms with Crippen LogP contribution in [0.4, 0.5) is 5.13 Å². The van der Waals surface area contributed by atoms with Gasteiger partial charge in [0.25, 0.3) is 5.91 Å². The van der Waals surface area contributed by atoms with Crippen molar-refractivity contribution in [1.29, 1.82) is 0 Å². The molecule has 0 aromatic carbocycles. The van der Waals surface area contributed by atoms with Crippen LogP contribution in [0.25, 0.3) is 0 Å². The molecule has 1 saturated carbocycles. The largest absolute Gasteiger partial charge is 0.469 e. The van der Waals surface area contributed by atoms with Crippen LogP contribution in [0, 0.1) is 6.92 Å². The van der Waals surface area contributed by atoms with Gasteiger partial charge >= 0.3 is 0 Å². The first-order valence-corrected chi connectivity index (χ1v) is 11.4. The maximum Gasteiger partial charge on any atom is 0.260 e. The normalized spacial score (nSPS) is 17.1. The third kappa shape index (κ3) is 4.39. The van der Waals surface area contributed by atoms with E-state index < -0.39 is 0 Å². The van der Waals surface area contributed by atoms with Gasteiger partial charge in [0.05, 0.1) is 23.9 Å². The molecule has 3 aromatic rings. The Morgan fingerprint density at radius 2 is 2.03 bits per heavy atom. The number of nitrogens with one attached hydrogen (secondary N) is 2. The predicted molar refractivity (Wildman–Crippen MR) is 114 cm³/mol. The topological polar surface area (TPSA) is 117 Å². The number of H-pyrrole nitrogens is 1. The van der Waals surface area contributed by atoms with Gasteiger partial charge in [0.15, 0.2) is 11.0 Å². The molecule has 1 aliphatic heterocycles. The number of carbonyl (C=O) groups is 2. The highest BCUT2D eigenvalue weighted by molar-refractivity contribution is 7.14. The number of anilines is 1. The highest BCUT2D eigenvalue weighted by Crippen LogP contribution is 2.38. The molecule has 0 bridgehead atoms. The van der Waals surface area contributed by atoms with Crippen molar-refractivity contribution in [3.05, 3.63) is 46.4 Å². The van der Waals surface area contributed by atoms with Gasteiger partial charge in [-0.3, -0.25) is 20.0 Å². The van der Waals surface area contributed by atoms with Gasteiger partial charge in [0.2, 0.25) is 5.91 Å². The van der Waals surface area contributed by atoms with Crippen molar-refractivity contribution in [1.82, 2.24) is 25.1 Å². The fourth-order valence-corrected chi connectivity index (χ4v) is 4.60. The Bertz CT molecular complexity index is 1090. The number of hydrogen-bond acceptors (Lipinski definition) is 7. The molecule has 162 valence electrons. The maximum absolute atomic E-state index is 12.7. The SMILES string of the molecule is Cc1occc1C(=O)Nc1nc(CC(=O)N2CCC(c3nc(C4CC4)n[nH]3)CC2)cs1. The molecule has 10 heteroatoms. The summed E-state index contributed by atoms with van der Waals surface area (Å²) in [7, 11) is 0. The molecule has 2 aliphatic rings. The van der Waals surface area contributed by atoms with Crippen molar-refractivity contribution < 1.29 is 14.0 Å². The Hall–Kier alpha value is -3.01. The zero-order chi connectivity index (χ0) is 21.4. The number of likely N-dealkylation sites (tertiary alicyclic amines) is 1. The predicted octanol–water partition coefficient (Wildman–Crippen LogP) is 3.24. The van der Waals surface area contributed by atoms with E-state index in [1.165, 1.54) is 30.4 Å². The minimum atomic E-state index is -0.266. The molecular formula is C21H24N6O3S. The number of piperidine rings is 1. The van der Waals surface area contributed by atoms with Gasteiger partial charge in [-0.15, -0.1) is 11.3 Å². The summed E-state index contributed by atoms with van der Waals surface area (Å²) >= 11 is 1.31. The summed E-state index contributed by atoms with van der Waals surface area (Å²) in [5.41, 5.74) is 1.15. The standard InChI is InChI=1S/C21H24N6O3S/c1-12-16(6-9-30-12)20(29)24-21-22-15(11-31-21)10-17(28)27-7-4-14(5-8-27)19-23-18(25-26-19)13-2-3-13/h6,9,11,13-14H,2-5,7-8,10H2,1H3,(H,22,24,29)(H,23,25,26). The third-order valence-corrected chi connectivity index (χ3v) is 6.71.